The van der Waals surface area contributed by atoms with E-state index >= 15 is 0 Å². The normalized spacial score (nSPS) is 13.0. The lowest BCUT2D eigenvalue weighted by atomic mass is 10.00. The van der Waals surface area contributed by atoms with E-state index in [1.54, 1.807) is 0 Å². The van der Waals surface area contributed by atoms with E-state index in [2.05, 4.69) is 5.32 Å². The van der Waals surface area contributed by atoms with E-state index in [1.807, 2.05) is 85.5 Å². The SMILES string of the molecule is Cc1ccc(C(=O)Nc2ccc3c(c2)N(C(=O)c2ccccc2)CCC3)cc1C. The summed E-state index contributed by atoms with van der Waals surface area (Å²) in [5, 5.41) is 2.98. The van der Waals surface area contributed by atoms with Crippen LogP contribution in [0.15, 0.2) is 66.7 Å². The number of carbonyl (C=O) groups is 2. The lowest BCUT2D eigenvalue weighted by molar-refractivity contribution is 0.0984. The average molecular weight is 384 g/mol. The number of fused-ring (bicyclic) bond motifs is 1. The fourth-order valence-corrected chi connectivity index (χ4v) is 3.69. The number of benzene rings is 3. The molecule has 4 nitrogen and oxygen atoms in total. The molecule has 0 fully saturated rings. The quantitative estimate of drug-likeness (QED) is 0.679. The van der Waals surface area contributed by atoms with Gasteiger partial charge in [0.05, 0.1) is 0 Å². The Morgan fingerprint density at radius 3 is 2.41 bits per heavy atom. The maximum Gasteiger partial charge on any atom is 0.258 e. The second-order valence-corrected chi connectivity index (χ2v) is 7.52. The Hall–Kier alpha value is -3.40. The van der Waals surface area contributed by atoms with Crippen LogP contribution in [0.3, 0.4) is 0 Å². The summed E-state index contributed by atoms with van der Waals surface area (Å²) in [6.07, 6.45) is 1.86. The van der Waals surface area contributed by atoms with Gasteiger partial charge in [0.2, 0.25) is 0 Å². The van der Waals surface area contributed by atoms with Crippen molar-refractivity contribution in [3.63, 3.8) is 0 Å². The first-order valence-corrected chi connectivity index (χ1v) is 9.91. The van der Waals surface area contributed by atoms with Gasteiger partial charge in [-0.15, -0.1) is 0 Å². The maximum atomic E-state index is 13.0. The lowest BCUT2D eigenvalue weighted by Gasteiger charge is -2.30. The molecule has 3 aromatic rings. The van der Waals surface area contributed by atoms with Crippen molar-refractivity contribution in [3.05, 3.63) is 94.5 Å². The minimum absolute atomic E-state index is 0.0100. The molecule has 1 aliphatic heterocycles. The molecule has 146 valence electrons. The number of nitrogens with zero attached hydrogens (tertiary/aromatic N) is 1. The van der Waals surface area contributed by atoms with Crippen LogP contribution in [0.1, 0.15) is 43.8 Å². The van der Waals surface area contributed by atoms with Crippen molar-refractivity contribution in [2.75, 3.05) is 16.8 Å². The summed E-state index contributed by atoms with van der Waals surface area (Å²) < 4.78 is 0. The van der Waals surface area contributed by atoms with Crippen LogP contribution in [0.25, 0.3) is 0 Å². The fourth-order valence-electron chi connectivity index (χ4n) is 3.69. The van der Waals surface area contributed by atoms with Crippen LogP contribution in [0, 0.1) is 13.8 Å². The minimum Gasteiger partial charge on any atom is -0.322 e. The van der Waals surface area contributed by atoms with Crippen molar-refractivity contribution in [2.24, 2.45) is 0 Å². The van der Waals surface area contributed by atoms with E-state index in [1.165, 1.54) is 0 Å². The number of aryl methyl sites for hydroxylation is 3. The van der Waals surface area contributed by atoms with Crippen molar-refractivity contribution in [3.8, 4) is 0 Å². The second-order valence-electron chi connectivity index (χ2n) is 7.52. The van der Waals surface area contributed by atoms with Crippen LogP contribution in [0.2, 0.25) is 0 Å². The number of nitrogens with one attached hydrogen (secondary N) is 1. The Balaban J connectivity index is 1.60. The highest BCUT2D eigenvalue weighted by molar-refractivity contribution is 6.08. The predicted octanol–water partition coefficient (Wildman–Crippen LogP) is 5.15. The molecule has 4 rings (SSSR count). The molecule has 0 aromatic heterocycles. The van der Waals surface area contributed by atoms with Crippen LogP contribution in [0.5, 0.6) is 0 Å². The number of anilines is 2. The van der Waals surface area contributed by atoms with Crippen molar-refractivity contribution < 1.29 is 9.59 Å². The highest BCUT2D eigenvalue weighted by Gasteiger charge is 2.24. The summed E-state index contributed by atoms with van der Waals surface area (Å²) in [5.74, 6) is -0.158. The molecule has 1 aliphatic rings. The molecule has 0 aliphatic carbocycles. The molecule has 3 aromatic carbocycles. The summed E-state index contributed by atoms with van der Waals surface area (Å²) in [4.78, 5) is 27.5. The Labute approximate surface area is 171 Å². The van der Waals surface area contributed by atoms with Crippen LogP contribution >= 0.6 is 0 Å². The summed E-state index contributed by atoms with van der Waals surface area (Å²) in [6, 6.07) is 20.8. The van der Waals surface area contributed by atoms with Gasteiger partial charge in [-0.05, 0) is 79.8 Å². The van der Waals surface area contributed by atoms with Gasteiger partial charge in [-0.3, -0.25) is 9.59 Å². The lowest BCUT2D eigenvalue weighted by Crippen LogP contribution is -2.35. The zero-order chi connectivity index (χ0) is 20.4. The van der Waals surface area contributed by atoms with E-state index in [-0.39, 0.29) is 11.8 Å². The van der Waals surface area contributed by atoms with Crippen molar-refractivity contribution in [1.29, 1.82) is 0 Å². The monoisotopic (exact) mass is 384 g/mol. The number of hydrogen-bond acceptors (Lipinski definition) is 2. The van der Waals surface area contributed by atoms with Gasteiger partial charge in [0, 0.05) is 29.0 Å². The Kier molecular flexibility index (Phi) is 5.17. The summed E-state index contributed by atoms with van der Waals surface area (Å²) >= 11 is 0. The van der Waals surface area contributed by atoms with Crippen molar-refractivity contribution in [2.45, 2.75) is 26.7 Å². The molecular formula is C25H24N2O2. The van der Waals surface area contributed by atoms with Gasteiger partial charge in [0.1, 0.15) is 0 Å². The number of hydrogen-bond donors (Lipinski definition) is 1. The summed E-state index contributed by atoms with van der Waals surface area (Å²) in [5.41, 5.74) is 6.24. The first-order chi connectivity index (χ1) is 14.0. The van der Waals surface area contributed by atoms with E-state index in [0.717, 1.165) is 35.2 Å². The van der Waals surface area contributed by atoms with Gasteiger partial charge in [-0.25, -0.2) is 0 Å². The van der Waals surface area contributed by atoms with Gasteiger partial charge in [0.15, 0.2) is 0 Å². The first kappa shape index (κ1) is 18.9. The molecule has 0 saturated carbocycles. The Morgan fingerprint density at radius 1 is 0.862 bits per heavy atom. The van der Waals surface area contributed by atoms with Crippen LogP contribution in [-0.4, -0.2) is 18.4 Å². The van der Waals surface area contributed by atoms with Gasteiger partial charge < -0.3 is 10.2 Å². The van der Waals surface area contributed by atoms with Crippen molar-refractivity contribution in [1.82, 2.24) is 0 Å². The molecule has 0 atom stereocenters. The minimum atomic E-state index is -0.148. The van der Waals surface area contributed by atoms with E-state index in [0.29, 0.717) is 23.4 Å². The van der Waals surface area contributed by atoms with Crippen LogP contribution in [-0.2, 0) is 6.42 Å². The largest absolute Gasteiger partial charge is 0.322 e. The zero-order valence-electron chi connectivity index (χ0n) is 16.7. The highest BCUT2D eigenvalue weighted by Crippen LogP contribution is 2.31. The Morgan fingerprint density at radius 2 is 1.66 bits per heavy atom. The molecular weight excluding hydrogens is 360 g/mol. The second kappa shape index (κ2) is 7.92. The molecule has 2 amide bonds. The predicted molar refractivity (Wildman–Crippen MR) is 117 cm³/mol. The molecule has 29 heavy (non-hydrogen) atoms. The number of amides is 2. The highest BCUT2D eigenvalue weighted by atomic mass is 16.2. The molecule has 1 N–H and O–H groups in total. The first-order valence-electron chi connectivity index (χ1n) is 9.91. The maximum absolute atomic E-state index is 13.0. The third-order valence-corrected chi connectivity index (χ3v) is 5.50. The van der Waals surface area contributed by atoms with Gasteiger partial charge in [-0.1, -0.05) is 30.3 Å². The van der Waals surface area contributed by atoms with Crippen molar-refractivity contribution >= 4 is 23.2 Å². The third-order valence-electron chi connectivity index (χ3n) is 5.50. The van der Waals surface area contributed by atoms with Crippen LogP contribution in [0.4, 0.5) is 11.4 Å². The van der Waals surface area contributed by atoms with Gasteiger partial charge >= 0.3 is 0 Å². The standard InChI is InChI=1S/C25H24N2O2/c1-17-10-11-21(15-18(17)2)24(28)26-22-13-12-19-9-6-14-27(23(19)16-22)25(29)20-7-4-3-5-8-20/h3-5,7-8,10-13,15-16H,6,9,14H2,1-2H3,(H,26,28). The summed E-state index contributed by atoms with van der Waals surface area (Å²) in [7, 11) is 0. The number of rotatable bonds is 3. The molecule has 0 saturated heterocycles. The van der Waals surface area contributed by atoms with Crippen LogP contribution < -0.4 is 10.2 Å². The number of carbonyl (C=O) groups excluding carboxylic acids is 2. The molecule has 4 heteroatoms. The zero-order valence-corrected chi connectivity index (χ0v) is 16.7. The fraction of sp³-hybridized carbons (Fsp3) is 0.200. The van der Waals surface area contributed by atoms with E-state index in [4.69, 9.17) is 0 Å². The molecule has 0 unspecified atom stereocenters. The summed E-state index contributed by atoms with van der Waals surface area (Å²) in [6.45, 7) is 4.70. The van der Waals surface area contributed by atoms with E-state index < -0.39 is 0 Å². The Bertz CT molecular complexity index is 1070. The average Bonchev–Trinajstić information content (AvgIpc) is 2.75. The topological polar surface area (TPSA) is 49.4 Å². The molecule has 0 spiro atoms. The third kappa shape index (κ3) is 3.92. The molecule has 1 heterocycles. The van der Waals surface area contributed by atoms with E-state index in [9.17, 15) is 9.59 Å². The smallest absolute Gasteiger partial charge is 0.258 e. The molecule has 0 radical (unpaired) electrons. The molecule has 0 bridgehead atoms. The van der Waals surface area contributed by atoms with Gasteiger partial charge in [0.25, 0.3) is 11.8 Å². The van der Waals surface area contributed by atoms with Gasteiger partial charge in [-0.2, -0.15) is 0 Å².